The third-order valence-corrected chi connectivity index (χ3v) is 4.23. The Morgan fingerprint density at radius 2 is 2.12 bits per heavy atom. The van der Waals surface area contributed by atoms with Crippen LogP contribution in [0.3, 0.4) is 0 Å². The minimum Gasteiger partial charge on any atom is -0.337 e. The fourth-order valence-electron chi connectivity index (χ4n) is 2.63. The maximum atomic E-state index is 12.3. The van der Waals surface area contributed by atoms with E-state index in [0.717, 1.165) is 24.1 Å². The smallest absolute Gasteiger partial charge is 0.321 e. The zero-order valence-electron chi connectivity index (χ0n) is 14.5. The first-order chi connectivity index (χ1) is 12.6. The van der Waals surface area contributed by atoms with E-state index in [1.54, 1.807) is 36.1 Å². The van der Waals surface area contributed by atoms with Crippen LogP contribution in [0.5, 0.6) is 0 Å². The highest BCUT2D eigenvalue weighted by Crippen LogP contribution is 2.39. The van der Waals surface area contributed by atoms with Crippen molar-refractivity contribution in [3.63, 3.8) is 0 Å². The number of hydrogen-bond donors (Lipinski definition) is 2. The van der Waals surface area contributed by atoms with Gasteiger partial charge in [-0.15, -0.1) is 0 Å². The van der Waals surface area contributed by atoms with Crippen LogP contribution in [0.25, 0.3) is 11.4 Å². The van der Waals surface area contributed by atoms with Crippen LogP contribution in [-0.2, 0) is 7.05 Å². The van der Waals surface area contributed by atoms with Crippen molar-refractivity contribution in [2.75, 3.05) is 5.32 Å². The van der Waals surface area contributed by atoms with Gasteiger partial charge in [-0.3, -0.25) is 15.0 Å². The Morgan fingerprint density at radius 3 is 2.85 bits per heavy atom. The van der Waals surface area contributed by atoms with Crippen LogP contribution in [-0.4, -0.2) is 30.9 Å². The summed E-state index contributed by atoms with van der Waals surface area (Å²) >= 11 is 0. The maximum absolute atomic E-state index is 12.3. The lowest BCUT2D eigenvalue weighted by Crippen LogP contribution is -2.32. The summed E-state index contributed by atoms with van der Waals surface area (Å²) in [5.41, 5.74) is 1.82. The van der Waals surface area contributed by atoms with Gasteiger partial charge in [-0.05, 0) is 31.9 Å². The van der Waals surface area contributed by atoms with E-state index in [-0.39, 0.29) is 6.03 Å². The van der Waals surface area contributed by atoms with E-state index in [2.05, 4.69) is 30.9 Å². The lowest BCUT2D eigenvalue weighted by molar-refractivity contribution is 0.245. The number of aromatic nitrogens is 5. The molecule has 0 spiro atoms. The van der Waals surface area contributed by atoms with E-state index in [1.165, 1.54) is 0 Å². The molecule has 1 saturated carbocycles. The van der Waals surface area contributed by atoms with Gasteiger partial charge in [0.25, 0.3) is 0 Å². The van der Waals surface area contributed by atoms with Gasteiger partial charge in [0, 0.05) is 37.0 Å². The number of anilines is 1. The minimum atomic E-state index is -0.436. The Hall–Kier alpha value is -3.23. The van der Waals surface area contributed by atoms with Crippen LogP contribution < -0.4 is 10.6 Å². The second-order valence-corrected chi connectivity index (χ2v) is 6.36. The molecule has 26 heavy (non-hydrogen) atoms. The van der Waals surface area contributed by atoms with Gasteiger partial charge >= 0.3 is 6.03 Å². The Kier molecular flexibility index (Phi) is 4.11. The van der Waals surface area contributed by atoms with Crippen molar-refractivity contribution in [1.29, 1.82) is 0 Å². The Labute approximate surface area is 149 Å². The second-order valence-electron chi connectivity index (χ2n) is 6.36. The molecule has 9 heteroatoms. The number of nitrogens with one attached hydrogen (secondary N) is 2. The molecule has 0 aromatic carbocycles. The van der Waals surface area contributed by atoms with Gasteiger partial charge in [0.2, 0.25) is 11.7 Å². The van der Waals surface area contributed by atoms with E-state index >= 15 is 0 Å². The van der Waals surface area contributed by atoms with Crippen molar-refractivity contribution in [3.8, 4) is 11.4 Å². The second kappa shape index (κ2) is 6.58. The van der Waals surface area contributed by atoms with Gasteiger partial charge in [0.15, 0.2) is 0 Å². The highest BCUT2D eigenvalue weighted by molar-refractivity contribution is 5.88. The van der Waals surface area contributed by atoms with E-state index in [0.29, 0.717) is 23.5 Å². The summed E-state index contributed by atoms with van der Waals surface area (Å²) in [6, 6.07) is 4.70. The van der Waals surface area contributed by atoms with Gasteiger partial charge in [-0.1, -0.05) is 5.16 Å². The van der Waals surface area contributed by atoms with Crippen LogP contribution >= 0.6 is 0 Å². The van der Waals surface area contributed by atoms with Crippen LogP contribution in [0.2, 0.25) is 0 Å². The molecule has 2 amide bonds. The van der Waals surface area contributed by atoms with Crippen LogP contribution in [0.4, 0.5) is 10.6 Å². The highest BCUT2D eigenvalue weighted by Gasteiger charge is 2.27. The van der Waals surface area contributed by atoms with Crippen molar-refractivity contribution in [2.24, 2.45) is 7.05 Å². The lowest BCUT2D eigenvalue weighted by Gasteiger charge is -2.10. The normalized spacial score (nSPS) is 14.8. The molecule has 1 atom stereocenters. The number of urea groups is 1. The SMILES string of the molecule is CC(NC(=O)Nc1cc(C2CC2)nn1C)c1nc(-c2ccncc2)no1. The fourth-order valence-corrected chi connectivity index (χ4v) is 2.63. The molecule has 3 heterocycles. The molecule has 3 aromatic heterocycles. The van der Waals surface area contributed by atoms with E-state index in [4.69, 9.17) is 4.52 Å². The summed E-state index contributed by atoms with van der Waals surface area (Å²) < 4.78 is 6.93. The molecule has 4 rings (SSSR count). The number of nitrogens with zero attached hydrogens (tertiary/aromatic N) is 5. The van der Waals surface area contributed by atoms with Crippen molar-refractivity contribution in [2.45, 2.75) is 31.7 Å². The molecule has 2 N–H and O–H groups in total. The first-order valence-corrected chi connectivity index (χ1v) is 8.45. The third-order valence-electron chi connectivity index (χ3n) is 4.23. The molecule has 1 aliphatic rings. The summed E-state index contributed by atoms with van der Waals surface area (Å²) in [4.78, 5) is 20.5. The molecule has 0 aliphatic heterocycles. The van der Waals surface area contributed by atoms with Crippen LogP contribution in [0.1, 0.15) is 43.3 Å². The predicted molar refractivity (Wildman–Crippen MR) is 93.3 cm³/mol. The van der Waals surface area contributed by atoms with E-state index < -0.39 is 6.04 Å². The molecule has 1 aliphatic carbocycles. The molecule has 0 bridgehead atoms. The summed E-state index contributed by atoms with van der Waals surface area (Å²) in [6.07, 6.45) is 5.64. The first kappa shape index (κ1) is 16.2. The third kappa shape index (κ3) is 3.41. The number of hydrogen-bond acceptors (Lipinski definition) is 6. The highest BCUT2D eigenvalue weighted by atomic mass is 16.5. The van der Waals surface area contributed by atoms with Gasteiger partial charge in [0.05, 0.1) is 5.69 Å². The summed E-state index contributed by atoms with van der Waals surface area (Å²) in [7, 11) is 1.81. The largest absolute Gasteiger partial charge is 0.337 e. The van der Waals surface area contributed by atoms with Crippen molar-refractivity contribution < 1.29 is 9.32 Å². The number of rotatable bonds is 5. The molecule has 9 nitrogen and oxygen atoms in total. The number of carbonyl (C=O) groups is 1. The van der Waals surface area contributed by atoms with Crippen molar-refractivity contribution >= 4 is 11.8 Å². The topological polar surface area (TPSA) is 111 Å². The van der Waals surface area contributed by atoms with E-state index in [1.807, 2.05) is 13.1 Å². The number of amides is 2. The molecule has 3 aromatic rings. The Morgan fingerprint density at radius 1 is 1.35 bits per heavy atom. The lowest BCUT2D eigenvalue weighted by atomic mass is 10.2. The molecular weight excluding hydrogens is 334 g/mol. The monoisotopic (exact) mass is 353 g/mol. The van der Waals surface area contributed by atoms with Crippen molar-refractivity contribution in [1.82, 2.24) is 30.2 Å². The minimum absolute atomic E-state index is 0.329. The average molecular weight is 353 g/mol. The fraction of sp³-hybridized carbons (Fsp3) is 0.353. The molecule has 1 fully saturated rings. The van der Waals surface area contributed by atoms with Crippen LogP contribution in [0.15, 0.2) is 35.1 Å². The van der Waals surface area contributed by atoms with Crippen LogP contribution in [0, 0.1) is 0 Å². The molecule has 0 radical (unpaired) electrons. The maximum Gasteiger partial charge on any atom is 0.321 e. The van der Waals surface area contributed by atoms with E-state index in [9.17, 15) is 4.79 Å². The number of aryl methyl sites for hydroxylation is 1. The standard InChI is InChI=1S/C17H19N7O2/c1-10(16-21-15(23-26-16)12-5-7-18-8-6-12)19-17(25)20-14-9-13(11-3-4-11)22-24(14)2/h5-11H,3-4H2,1-2H3,(H2,19,20,25). The Balaban J connectivity index is 1.39. The number of carbonyl (C=O) groups excluding carboxylic acids is 1. The average Bonchev–Trinajstić information content (AvgIpc) is 3.25. The quantitative estimate of drug-likeness (QED) is 0.729. The summed E-state index contributed by atoms with van der Waals surface area (Å²) in [5, 5.41) is 14.0. The summed E-state index contributed by atoms with van der Waals surface area (Å²) in [5.74, 6) is 1.97. The van der Waals surface area contributed by atoms with Gasteiger partial charge < -0.3 is 9.84 Å². The number of pyridine rings is 1. The Bertz CT molecular complexity index is 914. The molecular formula is C17H19N7O2. The van der Waals surface area contributed by atoms with Crippen molar-refractivity contribution in [3.05, 3.63) is 42.2 Å². The van der Waals surface area contributed by atoms with Gasteiger partial charge in [-0.2, -0.15) is 10.1 Å². The van der Waals surface area contributed by atoms with Gasteiger partial charge in [-0.25, -0.2) is 4.79 Å². The predicted octanol–water partition coefficient (Wildman–Crippen LogP) is 2.63. The zero-order valence-corrected chi connectivity index (χ0v) is 14.5. The zero-order chi connectivity index (χ0) is 18.1. The molecule has 1 unspecified atom stereocenters. The molecule has 134 valence electrons. The first-order valence-electron chi connectivity index (χ1n) is 8.45. The van der Waals surface area contributed by atoms with Gasteiger partial charge in [0.1, 0.15) is 11.9 Å². The summed E-state index contributed by atoms with van der Waals surface area (Å²) in [6.45, 7) is 1.78. The molecule has 0 saturated heterocycles.